The van der Waals surface area contributed by atoms with Crippen LogP contribution in [0.15, 0.2) is 59.7 Å². The van der Waals surface area contributed by atoms with Gasteiger partial charge in [0.2, 0.25) is 0 Å². The van der Waals surface area contributed by atoms with E-state index < -0.39 is 0 Å². The molecule has 6 nitrogen and oxygen atoms in total. The first-order valence-electron chi connectivity index (χ1n) is 9.78. The van der Waals surface area contributed by atoms with Crippen LogP contribution in [0.25, 0.3) is 5.69 Å². The Morgan fingerprint density at radius 1 is 1.07 bits per heavy atom. The van der Waals surface area contributed by atoms with Gasteiger partial charge in [-0.05, 0) is 69.7 Å². The van der Waals surface area contributed by atoms with E-state index in [4.69, 9.17) is 4.74 Å². The lowest BCUT2D eigenvalue weighted by Crippen LogP contribution is -2.18. The van der Waals surface area contributed by atoms with E-state index in [1.54, 1.807) is 31.3 Å². The van der Waals surface area contributed by atoms with Gasteiger partial charge in [0.15, 0.2) is 0 Å². The Balaban J connectivity index is 1.77. The minimum Gasteiger partial charge on any atom is -0.462 e. The van der Waals surface area contributed by atoms with Crippen molar-refractivity contribution in [3.63, 3.8) is 0 Å². The monoisotopic (exact) mass is 403 g/mol. The van der Waals surface area contributed by atoms with Crippen LogP contribution in [0.2, 0.25) is 0 Å². The molecular formula is C24H25N3O3. The van der Waals surface area contributed by atoms with Crippen molar-refractivity contribution in [2.45, 2.75) is 27.7 Å². The van der Waals surface area contributed by atoms with E-state index in [1.165, 1.54) is 0 Å². The number of hydrogen-bond acceptors (Lipinski definition) is 4. The maximum absolute atomic E-state index is 12.3. The van der Waals surface area contributed by atoms with Crippen molar-refractivity contribution < 1.29 is 14.3 Å². The quantitative estimate of drug-likeness (QED) is 0.378. The van der Waals surface area contributed by atoms with Crippen LogP contribution in [0.1, 0.15) is 50.2 Å². The molecule has 0 saturated heterocycles. The molecule has 0 aliphatic heterocycles. The number of amides is 1. The SMILES string of the molecule is CCOC(=O)c1ccc(-n2c(C)cc(/C=N/NC(=O)c3ccccc3C)c2C)cc1. The zero-order valence-corrected chi connectivity index (χ0v) is 17.6. The molecule has 2 aromatic carbocycles. The number of carbonyl (C=O) groups is 2. The topological polar surface area (TPSA) is 72.7 Å². The summed E-state index contributed by atoms with van der Waals surface area (Å²) < 4.78 is 7.10. The van der Waals surface area contributed by atoms with Crippen LogP contribution in [0, 0.1) is 20.8 Å². The first kappa shape index (κ1) is 21.0. The molecule has 1 amide bonds. The van der Waals surface area contributed by atoms with Gasteiger partial charge in [-0.15, -0.1) is 0 Å². The maximum Gasteiger partial charge on any atom is 0.338 e. The maximum atomic E-state index is 12.3. The smallest absolute Gasteiger partial charge is 0.338 e. The predicted octanol–water partition coefficient (Wildman–Crippen LogP) is 4.34. The van der Waals surface area contributed by atoms with Gasteiger partial charge in [-0.25, -0.2) is 10.2 Å². The zero-order chi connectivity index (χ0) is 21.7. The molecule has 0 atom stereocenters. The highest BCUT2D eigenvalue weighted by Gasteiger charge is 2.12. The Morgan fingerprint density at radius 3 is 2.43 bits per heavy atom. The van der Waals surface area contributed by atoms with Gasteiger partial charge in [-0.1, -0.05) is 18.2 Å². The summed E-state index contributed by atoms with van der Waals surface area (Å²) in [6, 6.07) is 16.6. The number of aromatic nitrogens is 1. The number of esters is 1. The Bertz CT molecular complexity index is 1100. The molecule has 3 rings (SSSR count). The standard InChI is InChI=1S/C24H25N3O3/c1-5-30-24(29)19-10-12-21(13-11-19)27-17(3)14-20(18(27)4)15-25-26-23(28)22-9-7-6-8-16(22)2/h6-15H,5H2,1-4H3,(H,26,28)/b25-15+. The van der Waals surface area contributed by atoms with Crippen molar-refractivity contribution in [3.05, 3.63) is 88.2 Å². The molecule has 0 aliphatic rings. The minimum atomic E-state index is -0.331. The van der Waals surface area contributed by atoms with Crippen LogP contribution in [0.5, 0.6) is 0 Å². The molecule has 0 unspecified atom stereocenters. The summed E-state index contributed by atoms with van der Waals surface area (Å²) in [5.74, 6) is -0.574. The van der Waals surface area contributed by atoms with Crippen molar-refractivity contribution in [1.29, 1.82) is 0 Å². The molecule has 1 heterocycles. The third-order valence-electron chi connectivity index (χ3n) is 4.87. The summed E-state index contributed by atoms with van der Waals surface area (Å²) in [5.41, 5.74) is 8.42. The van der Waals surface area contributed by atoms with Crippen LogP contribution < -0.4 is 5.43 Å². The number of nitrogens with one attached hydrogen (secondary N) is 1. The van der Waals surface area contributed by atoms with E-state index in [-0.39, 0.29) is 11.9 Å². The molecule has 154 valence electrons. The summed E-state index contributed by atoms with van der Waals surface area (Å²) in [6.45, 7) is 8.00. The summed E-state index contributed by atoms with van der Waals surface area (Å²) >= 11 is 0. The lowest BCUT2D eigenvalue weighted by molar-refractivity contribution is 0.0526. The fourth-order valence-electron chi connectivity index (χ4n) is 3.32. The van der Waals surface area contributed by atoms with Crippen molar-refractivity contribution >= 4 is 18.1 Å². The number of benzene rings is 2. The number of aryl methyl sites for hydroxylation is 2. The normalized spacial score (nSPS) is 10.9. The Morgan fingerprint density at radius 2 is 1.77 bits per heavy atom. The van der Waals surface area contributed by atoms with Crippen LogP contribution in [-0.4, -0.2) is 29.3 Å². The van der Waals surface area contributed by atoms with E-state index in [0.717, 1.165) is 28.2 Å². The van der Waals surface area contributed by atoms with E-state index >= 15 is 0 Å². The molecule has 1 N–H and O–H groups in total. The molecule has 6 heteroatoms. The highest BCUT2D eigenvalue weighted by molar-refractivity contribution is 5.96. The molecule has 0 fully saturated rings. The Labute approximate surface area is 176 Å². The summed E-state index contributed by atoms with van der Waals surface area (Å²) in [6.07, 6.45) is 1.64. The van der Waals surface area contributed by atoms with Crippen molar-refractivity contribution in [1.82, 2.24) is 9.99 Å². The first-order valence-corrected chi connectivity index (χ1v) is 9.78. The third-order valence-corrected chi connectivity index (χ3v) is 4.87. The second-order valence-corrected chi connectivity index (χ2v) is 6.94. The predicted molar refractivity (Wildman–Crippen MR) is 117 cm³/mol. The summed E-state index contributed by atoms with van der Waals surface area (Å²) in [5, 5.41) is 4.13. The average molecular weight is 403 g/mol. The van der Waals surface area contributed by atoms with E-state index in [2.05, 4.69) is 15.1 Å². The lowest BCUT2D eigenvalue weighted by Gasteiger charge is -2.10. The van der Waals surface area contributed by atoms with Gasteiger partial charge in [0.25, 0.3) is 5.91 Å². The number of hydrogen-bond donors (Lipinski definition) is 1. The summed E-state index contributed by atoms with van der Waals surface area (Å²) in [7, 11) is 0. The number of hydrazone groups is 1. The van der Waals surface area contributed by atoms with Gasteiger partial charge in [0, 0.05) is 28.2 Å². The number of ether oxygens (including phenoxy) is 1. The number of carbonyl (C=O) groups excluding carboxylic acids is 2. The largest absolute Gasteiger partial charge is 0.462 e. The van der Waals surface area contributed by atoms with Gasteiger partial charge >= 0.3 is 5.97 Å². The molecule has 0 spiro atoms. The minimum absolute atomic E-state index is 0.243. The van der Waals surface area contributed by atoms with Crippen molar-refractivity contribution in [3.8, 4) is 5.69 Å². The first-order chi connectivity index (χ1) is 14.4. The lowest BCUT2D eigenvalue weighted by atomic mass is 10.1. The van der Waals surface area contributed by atoms with Gasteiger partial charge in [0.05, 0.1) is 18.4 Å². The second-order valence-electron chi connectivity index (χ2n) is 6.94. The molecule has 30 heavy (non-hydrogen) atoms. The number of rotatable bonds is 6. The van der Waals surface area contributed by atoms with Gasteiger partial charge in [0.1, 0.15) is 0 Å². The van der Waals surface area contributed by atoms with Gasteiger partial charge in [-0.2, -0.15) is 5.10 Å². The fourth-order valence-corrected chi connectivity index (χ4v) is 3.32. The van der Waals surface area contributed by atoms with Crippen LogP contribution in [0.4, 0.5) is 0 Å². The molecule has 0 saturated carbocycles. The highest BCUT2D eigenvalue weighted by atomic mass is 16.5. The Kier molecular flexibility index (Phi) is 6.47. The second kappa shape index (κ2) is 9.22. The molecular weight excluding hydrogens is 378 g/mol. The van der Waals surface area contributed by atoms with E-state index in [1.807, 2.05) is 57.2 Å². The fraction of sp³-hybridized carbons (Fsp3) is 0.208. The third kappa shape index (κ3) is 4.49. The van der Waals surface area contributed by atoms with Crippen LogP contribution >= 0.6 is 0 Å². The van der Waals surface area contributed by atoms with E-state index in [9.17, 15) is 9.59 Å². The molecule has 0 radical (unpaired) electrons. The summed E-state index contributed by atoms with van der Waals surface area (Å²) in [4.78, 5) is 24.1. The van der Waals surface area contributed by atoms with Gasteiger partial charge < -0.3 is 9.30 Å². The van der Waals surface area contributed by atoms with Crippen molar-refractivity contribution in [2.24, 2.45) is 5.10 Å². The molecule has 0 aliphatic carbocycles. The van der Waals surface area contributed by atoms with Crippen LogP contribution in [-0.2, 0) is 4.74 Å². The van der Waals surface area contributed by atoms with Gasteiger partial charge in [-0.3, -0.25) is 4.79 Å². The molecule has 3 aromatic rings. The number of nitrogens with zero attached hydrogens (tertiary/aromatic N) is 2. The zero-order valence-electron chi connectivity index (χ0n) is 17.6. The Hall–Kier alpha value is -3.67. The average Bonchev–Trinajstić information content (AvgIpc) is 3.01. The van der Waals surface area contributed by atoms with Crippen LogP contribution in [0.3, 0.4) is 0 Å². The highest BCUT2D eigenvalue weighted by Crippen LogP contribution is 2.20. The van der Waals surface area contributed by atoms with Crippen molar-refractivity contribution in [2.75, 3.05) is 6.61 Å². The molecule has 1 aromatic heterocycles. The van der Waals surface area contributed by atoms with E-state index in [0.29, 0.717) is 17.7 Å². The molecule has 0 bridgehead atoms.